The second-order valence-corrected chi connectivity index (χ2v) is 7.50. The van der Waals surface area contributed by atoms with Crippen LogP contribution in [0.2, 0.25) is 0 Å². The van der Waals surface area contributed by atoms with E-state index < -0.39 is 0 Å². The summed E-state index contributed by atoms with van der Waals surface area (Å²) in [4.78, 5) is 10.6. The quantitative estimate of drug-likeness (QED) is 0.758. The molecule has 0 amide bonds. The third-order valence-electron chi connectivity index (χ3n) is 3.36. The highest BCUT2D eigenvalue weighted by Crippen LogP contribution is 2.25. The van der Waals surface area contributed by atoms with Crippen molar-refractivity contribution in [3.05, 3.63) is 11.1 Å². The van der Waals surface area contributed by atoms with Crippen LogP contribution in [0.25, 0.3) is 0 Å². The Morgan fingerprint density at radius 1 is 1.35 bits per heavy atom. The molecule has 0 atom stereocenters. The zero-order valence-corrected chi connectivity index (χ0v) is 14.0. The Bertz CT molecular complexity index is 398. The van der Waals surface area contributed by atoms with E-state index in [1.54, 1.807) is 0 Å². The van der Waals surface area contributed by atoms with E-state index in [4.69, 9.17) is 0 Å². The van der Waals surface area contributed by atoms with Crippen LogP contribution in [0.3, 0.4) is 0 Å². The lowest BCUT2D eigenvalue weighted by molar-refractivity contribution is 0.409. The van der Waals surface area contributed by atoms with Gasteiger partial charge in [0, 0.05) is 43.3 Å². The van der Waals surface area contributed by atoms with E-state index in [1.807, 2.05) is 17.5 Å². The van der Waals surface area contributed by atoms with Crippen LogP contribution in [0, 0.1) is 5.92 Å². The van der Waals surface area contributed by atoms with Crippen LogP contribution in [0.5, 0.6) is 0 Å². The van der Waals surface area contributed by atoms with Gasteiger partial charge in [-0.1, -0.05) is 13.8 Å². The number of thiazole rings is 1. The molecule has 1 N–H and O–H groups in total. The van der Waals surface area contributed by atoms with Crippen LogP contribution >= 0.6 is 11.3 Å². The number of rotatable bonds is 9. The molecule has 0 unspecified atom stereocenters. The molecule has 0 bridgehead atoms. The standard InChI is InChI=1S/C15H28N4S/c1-12(2)11-19(8-7-18(3)4)15-17-10-14(20-15)9-16-13-5-6-13/h10,12-13,16H,5-9,11H2,1-4H3. The molecule has 5 heteroatoms. The smallest absolute Gasteiger partial charge is 0.185 e. The first-order valence-corrected chi connectivity index (χ1v) is 8.44. The first-order valence-electron chi connectivity index (χ1n) is 7.62. The first kappa shape index (κ1) is 15.7. The molecule has 0 spiro atoms. The summed E-state index contributed by atoms with van der Waals surface area (Å²) in [5.41, 5.74) is 0. The molecule has 1 aliphatic carbocycles. The van der Waals surface area contributed by atoms with Crippen molar-refractivity contribution in [3.8, 4) is 0 Å². The lowest BCUT2D eigenvalue weighted by atomic mass is 10.2. The summed E-state index contributed by atoms with van der Waals surface area (Å²) in [6, 6.07) is 0.765. The normalized spacial score (nSPS) is 15.3. The van der Waals surface area contributed by atoms with Gasteiger partial charge in [0.2, 0.25) is 0 Å². The topological polar surface area (TPSA) is 31.4 Å². The molecule has 1 heterocycles. The Labute approximate surface area is 127 Å². The Kier molecular flexibility index (Phi) is 5.81. The van der Waals surface area contributed by atoms with Crippen LogP contribution in [0.4, 0.5) is 5.13 Å². The summed E-state index contributed by atoms with van der Waals surface area (Å²) in [7, 11) is 4.25. The molecular formula is C15H28N4S. The minimum absolute atomic E-state index is 0.661. The average Bonchev–Trinajstić information content (AvgIpc) is 3.09. The summed E-state index contributed by atoms with van der Waals surface area (Å²) in [6.07, 6.45) is 4.72. The number of likely N-dealkylation sites (N-methyl/N-ethyl adjacent to an activating group) is 1. The van der Waals surface area contributed by atoms with Crippen LogP contribution in [-0.4, -0.2) is 49.7 Å². The minimum atomic E-state index is 0.661. The van der Waals surface area contributed by atoms with Crippen molar-refractivity contribution in [1.29, 1.82) is 0 Å². The Morgan fingerprint density at radius 3 is 2.70 bits per heavy atom. The van der Waals surface area contributed by atoms with Gasteiger partial charge in [-0.15, -0.1) is 11.3 Å². The van der Waals surface area contributed by atoms with Gasteiger partial charge >= 0.3 is 0 Å². The molecule has 114 valence electrons. The maximum Gasteiger partial charge on any atom is 0.185 e. The monoisotopic (exact) mass is 296 g/mol. The lowest BCUT2D eigenvalue weighted by Crippen LogP contribution is -2.34. The maximum absolute atomic E-state index is 4.63. The lowest BCUT2D eigenvalue weighted by Gasteiger charge is -2.25. The van der Waals surface area contributed by atoms with Gasteiger partial charge in [-0.3, -0.25) is 0 Å². The van der Waals surface area contributed by atoms with Gasteiger partial charge in [0.15, 0.2) is 5.13 Å². The third-order valence-corrected chi connectivity index (χ3v) is 4.41. The van der Waals surface area contributed by atoms with Gasteiger partial charge < -0.3 is 15.1 Å². The van der Waals surface area contributed by atoms with Gasteiger partial charge in [-0.05, 0) is 32.9 Å². The van der Waals surface area contributed by atoms with Crippen molar-refractivity contribution in [1.82, 2.24) is 15.2 Å². The van der Waals surface area contributed by atoms with Gasteiger partial charge in [0.05, 0.1) is 0 Å². The first-order chi connectivity index (χ1) is 9.54. The summed E-state index contributed by atoms with van der Waals surface area (Å²) in [5, 5.41) is 4.73. The molecule has 0 aliphatic heterocycles. The molecule has 0 aromatic carbocycles. The minimum Gasteiger partial charge on any atom is -0.347 e. The van der Waals surface area contributed by atoms with Crippen molar-refractivity contribution in [3.63, 3.8) is 0 Å². The van der Waals surface area contributed by atoms with E-state index >= 15 is 0 Å². The van der Waals surface area contributed by atoms with E-state index in [9.17, 15) is 0 Å². The molecule has 4 nitrogen and oxygen atoms in total. The summed E-state index contributed by atoms with van der Waals surface area (Å²) in [5.74, 6) is 0.661. The van der Waals surface area contributed by atoms with E-state index in [2.05, 4.69) is 48.0 Å². The number of hydrogen-bond donors (Lipinski definition) is 1. The van der Waals surface area contributed by atoms with Crippen molar-refractivity contribution in [2.75, 3.05) is 38.6 Å². The molecular weight excluding hydrogens is 268 g/mol. The zero-order valence-electron chi connectivity index (χ0n) is 13.2. The van der Waals surface area contributed by atoms with Crippen molar-refractivity contribution in [2.24, 2.45) is 5.92 Å². The van der Waals surface area contributed by atoms with Crippen LogP contribution in [0.15, 0.2) is 6.20 Å². The largest absolute Gasteiger partial charge is 0.347 e. The Morgan fingerprint density at radius 2 is 2.10 bits per heavy atom. The molecule has 20 heavy (non-hydrogen) atoms. The number of hydrogen-bond acceptors (Lipinski definition) is 5. The van der Waals surface area contributed by atoms with Crippen molar-refractivity contribution >= 4 is 16.5 Å². The number of nitrogens with zero attached hydrogens (tertiary/aromatic N) is 3. The van der Waals surface area contributed by atoms with Crippen molar-refractivity contribution in [2.45, 2.75) is 39.3 Å². The van der Waals surface area contributed by atoms with Crippen LogP contribution < -0.4 is 10.2 Å². The third kappa shape index (κ3) is 5.38. The fourth-order valence-corrected chi connectivity index (χ4v) is 2.98. The van der Waals surface area contributed by atoms with Crippen LogP contribution in [0.1, 0.15) is 31.6 Å². The molecule has 0 saturated heterocycles. The van der Waals surface area contributed by atoms with E-state index in [0.29, 0.717) is 5.92 Å². The van der Waals surface area contributed by atoms with Gasteiger partial charge in [-0.25, -0.2) is 4.98 Å². The molecule has 1 saturated carbocycles. The molecule has 1 aromatic rings. The fourth-order valence-electron chi connectivity index (χ4n) is 2.08. The second kappa shape index (κ2) is 7.38. The van der Waals surface area contributed by atoms with Gasteiger partial charge in [0.1, 0.15) is 0 Å². The van der Waals surface area contributed by atoms with Crippen molar-refractivity contribution < 1.29 is 0 Å². The maximum atomic E-state index is 4.63. The summed E-state index contributed by atoms with van der Waals surface area (Å²) >= 11 is 1.84. The Balaban J connectivity index is 1.91. The Hall–Kier alpha value is -0.650. The predicted octanol–water partition coefficient (Wildman–Crippen LogP) is 2.42. The summed E-state index contributed by atoms with van der Waals surface area (Å²) in [6.45, 7) is 8.72. The van der Waals surface area contributed by atoms with E-state index in [1.165, 1.54) is 22.9 Å². The number of anilines is 1. The highest BCUT2D eigenvalue weighted by molar-refractivity contribution is 7.15. The molecule has 0 radical (unpaired) electrons. The van der Waals surface area contributed by atoms with E-state index in [0.717, 1.165) is 32.2 Å². The molecule has 1 aliphatic rings. The van der Waals surface area contributed by atoms with E-state index in [-0.39, 0.29) is 0 Å². The van der Waals surface area contributed by atoms with Gasteiger partial charge in [-0.2, -0.15) is 0 Å². The molecule has 1 aromatic heterocycles. The highest BCUT2D eigenvalue weighted by atomic mass is 32.1. The number of nitrogens with one attached hydrogen (secondary N) is 1. The predicted molar refractivity (Wildman–Crippen MR) is 87.6 cm³/mol. The molecule has 2 rings (SSSR count). The number of aromatic nitrogens is 1. The zero-order chi connectivity index (χ0) is 14.5. The average molecular weight is 296 g/mol. The molecule has 1 fully saturated rings. The fraction of sp³-hybridized carbons (Fsp3) is 0.800. The van der Waals surface area contributed by atoms with Gasteiger partial charge in [0.25, 0.3) is 0 Å². The van der Waals surface area contributed by atoms with Crippen LogP contribution in [-0.2, 0) is 6.54 Å². The SMILES string of the molecule is CC(C)CN(CCN(C)C)c1ncc(CNC2CC2)s1. The summed E-state index contributed by atoms with van der Waals surface area (Å²) < 4.78 is 0. The highest BCUT2D eigenvalue weighted by Gasteiger charge is 2.20. The second-order valence-electron chi connectivity index (χ2n) is 6.41.